The van der Waals surface area contributed by atoms with Crippen molar-refractivity contribution in [2.24, 2.45) is 0 Å². The molecule has 6 heteroatoms. The van der Waals surface area contributed by atoms with Crippen LogP contribution in [-0.2, 0) is 0 Å². The van der Waals surface area contributed by atoms with Crippen molar-refractivity contribution in [3.8, 4) is 5.75 Å². The van der Waals surface area contributed by atoms with Crippen LogP contribution in [0, 0.1) is 5.82 Å². The minimum atomic E-state index is -0.777. The summed E-state index contributed by atoms with van der Waals surface area (Å²) >= 11 is 0. The maximum Gasteiger partial charge on any atom is 0.276 e. The molecular formula is C18H19FN2O3. The average Bonchev–Trinajstić information content (AvgIpc) is 3.03. The largest absolute Gasteiger partial charge is 0.505 e. The number of carbonyl (C=O) groups is 1. The highest BCUT2D eigenvalue weighted by molar-refractivity contribution is 5.95. The predicted octanol–water partition coefficient (Wildman–Crippen LogP) is 2.65. The summed E-state index contributed by atoms with van der Waals surface area (Å²) in [5.74, 6) is -0.830. The number of aromatic nitrogens is 1. The summed E-state index contributed by atoms with van der Waals surface area (Å²) in [4.78, 5) is 18.2. The van der Waals surface area contributed by atoms with E-state index in [4.69, 9.17) is 0 Å². The van der Waals surface area contributed by atoms with Gasteiger partial charge in [-0.05, 0) is 49.1 Å². The van der Waals surface area contributed by atoms with E-state index < -0.39 is 6.10 Å². The van der Waals surface area contributed by atoms with Gasteiger partial charge in [0.2, 0.25) is 0 Å². The molecule has 0 bridgehead atoms. The van der Waals surface area contributed by atoms with Gasteiger partial charge in [-0.1, -0.05) is 12.1 Å². The van der Waals surface area contributed by atoms with Crippen molar-refractivity contribution in [2.45, 2.75) is 31.4 Å². The first-order valence-corrected chi connectivity index (χ1v) is 7.94. The average molecular weight is 330 g/mol. The van der Waals surface area contributed by atoms with Crippen LogP contribution in [0.1, 0.15) is 41.4 Å². The number of halogens is 1. The van der Waals surface area contributed by atoms with E-state index in [2.05, 4.69) is 4.98 Å². The fraction of sp³-hybridized carbons (Fsp3) is 0.333. The third-order valence-electron chi connectivity index (χ3n) is 4.38. The Balaban J connectivity index is 1.72. The molecule has 5 nitrogen and oxygen atoms in total. The van der Waals surface area contributed by atoms with Crippen LogP contribution in [0.15, 0.2) is 42.6 Å². The molecule has 2 aromatic rings. The first-order valence-electron chi connectivity index (χ1n) is 7.94. The van der Waals surface area contributed by atoms with Crippen LogP contribution in [0.5, 0.6) is 5.75 Å². The molecule has 0 radical (unpaired) electrons. The van der Waals surface area contributed by atoms with Crippen LogP contribution in [0.3, 0.4) is 0 Å². The van der Waals surface area contributed by atoms with E-state index in [1.807, 2.05) is 0 Å². The number of aromatic hydroxyl groups is 1. The van der Waals surface area contributed by atoms with Crippen molar-refractivity contribution in [1.82, 2.24) is 9.88 Å². The fourth-order valence-corrected chi connectivity index (χ4v) is 3.12. The zero-order chi connectivity index (χ0) is 17.1. The zero-order valence-electron chi connectivity index (χ0n) is 13.1. The van der Waals surface area contributed by atoms with E-state index in [1.165, 1.54) is 24.4 Å². The molecule has 2 heterocycles. The van der Waals surface area contributed by atoms with Gasteiger partial charge in [0.05, 0.1) is 6.10 Å². The van der Waals surface area contributed by atoms with Gasteiger partial charge in [-0.15, -0.1) is 0 Å². The summed E-state index contributed by atoms with van der Waals surface area (Å²) in [5.41, 5.74) is 0.650. The molecule has 1 aliphatic rings. The lowest BCUT2D eigenvalue weighted by Gasteiger charge is -2.26. The summed E-state index contributed by atoms with van der Waals surface area (Å²) in [7, 11) is 0. The number of pyridine rings is 1. The van der Waals surface area contributed by atoms with Crippen molar-refractivity contribution in [1.29, 1.82) is 0 Å². The molecular weight excluding hydrogens is 311 g/mol. The van der Waals surface area contributed by atoms with E-state index in [0.717, 1.165) is 12.8 Å². The molecule has 1 saturated heterocycles. The van der Waals surface area contributed by atoms with Gasteiger partial charge in [0.25, 0.3) is 5.91 Å². The number of likely N-dealkylation sites (tertiary alicyclic amines) is 1. The first-order chi connectivity index (χ1) is 11.6. The van der Waals surface area contributed by atoms with Crippen LogP contribution in [0.4, 0.5) is 4.39 Å². The van der Waals surface area contributed by atoms with Crippen LogP contribution < -0.4 is 0 Å². The zero-order valence-corrected chi connectivity index (χ0v) is 13.1. The number of benzene rings is 1. The minimum Gasteiger partial charge on any atom is -0.505 e. The molecule has 0 aliphatic carbocycles. The number of nitrogens with zero attached hydrogens (tertiary/aromatic N) is 2. The molecule has 1 aliphatic heterocycles. The number of amides is 1. The normalized spacial score (nSPS) is 18.6. The Bertz CT molecular complexity index is 720. The van der Waals surface area contributed by atoms with E-state index in [-0.39, 0.29) is 29.2 Å². The monoisotopic (exact) mass is 330 g/mol. The van der Waals surface area contributed by atoms with Gasteiger partial charge in [-0.3, -0.25) is 4.79 Å². The van der Waals surface area contributed by atoms with E-state index in [9.17, 15) is 19.4 Å². The van der Waals surface area contributed by atoms with Crippen LogP contribution >= 0.6 is 0 Å². The molecule has 2 atom stereocenters. The molecule has 0 spiro atoms. The topological polar surface area (TPSA) is 73.7 Å². The molecule has 24 heavy (non-hydrogen) atoms. The smallest absolute Gasteiger partial charge is 0.276 e. The van der Waals surface area contributed by atoms with E-state index in [0.29, 0.717) is 18.5 Å². The van der Waals surface area contributed by atoms with E-state index >= 15 is 0 Å². The number of hydrogen-bond acceptors (Lipinski definition) is 4. The molecule has 1 amide bonds. The van der Waals surface area contributed by atoms with Crippen molar-refractivity contribution in [2.75, 3.05) is 6.54 Å². The molecule has 0 unspecified atom stereocenters. The molecule has 126 valence electrons. The second-order valence-corrected chi connectivity index (χ2v) is 5.97. The number of aliphatic hydroxyl groups excluding tert-OH is 1. The molecule has 2 N–H and O–H groups in total. The first kappa shape index (κ1) is 16.4. The lowest BCUT2D eigenvalue weighted by Crippen LogP contribution is -2.37. The Hall–Kier alpha value is -2.47. The maximum atomic E-state index is 13.0. The second-order valence-electron chi connectivity index (χ2n) is 5.97. The second kappa shape index (κ2) is 6.97. The Kier molecular flexibility index (Phi) is 4.76. The fourth-order valence-electron chi connectivity index (χ4n) is 3.12. The summed E-state index contributed by atoms with van der Waals surface area (Å²) in [6.07, 6.45) is 2.66. The van der Waals surface area contributed by atoms with Crippen molar-refractivity contribution >= 4 is 5.91 Å². The lowest BCUT2D eigenvalue weighted by atomic mass is 10.0. The minimum absolute atomic E-state index is 0.0284. The molecule has 1 aromatic carbocycles. The number of carbonyl (C=O) groups excluding carboxylic acids is 1. The van der Waals surface area contributed by atoms with Gasteiger partial charge >= 0.3 is 0 Å². The van der Waals surface area contributed by atoms with Gasteiger partial charge in [0.1, 0.15) is 11.6 Å². The van der Waals surface area contributed by atoms with Crippen LogP contribution in [0.2, 0.25) is 0 Å². The third kappa shape index (κ3) is 3.38. The predicted molar refractivity (Wildman–Crippen MR) is 85.9 cm³/mol. The quantitative estimate of drug-likeness (QED) is 0.904. The van der Waals surface area contributed by atoms with Crippen LogP contribution in [0.25, 0.3) is 0 Å². The van der Waals surface area contributed by atoms with Crippen molar-refractivity contribution < 1.29 is 19.4 Å². The Morgan fingerprint density at radius 2 is 2.08 bits per heavy atom. The maximum absolute atomic E-state index is 13.0. The summed E-state index contributed by atoms with van der Waals surface area (Å²) in [6.45, 7) is 0.565. The Morgan fingerprint density at radius 1 is 1.33 bits per heavy atom. The lowest BCUT2D eigenvalue weighted by molar-refractivity contribution is 0.0658. The van der Waals surface area contributed by atoms with Crippen molar-refractivity contribution in [3.05, 3.63) is 59.7 Å². The Morgan fingerprint density at radius 3 is 2.79 bits per heavy atom. The van der Waals surface area contributed by atoms with Gasteiger partial charge in [0, 0.05) is 18.8 Å². The highest BCUT2D eigenvalue weighted by Gasteiger charge is 2.32. The highest BCUT2D eigenvalue weighted by atomic mass is 19.1. The third-order valence-corrected chi connectivity index (χ3v) is 4.38. The molecule has 1 fully saturated rings. The highest BCUT2D eigenvalue weighted by Crippen LogP contribution is 2.29. The van der Waals surface area contributed by atoms with Gasteiger partial charge in [-0.25, -0.2) is 9.37 Å². The molecule has 0 saturated carbocycles. The van der Waals surface area contributed by atoms with Gasteiger partial charge in [0.15, 0.2) is 5.69 Å². The summed E-state index contributed by atoms with van der Waals surface area (Å²) in [6, 6.07) is 8.56. The Labute approximate surface area is 139 Å². The SMILES string of the molecule is O=C(c1ncccc1O)N1CCC[C@H]1C[C@@H](O)c1ccc(F)cc1. The van der Waals surface area contributed by atoms with Crippen molar-refractivity contribution in [3.63, 3.8) is 0 Å². The molecule has 1 aromatic heterocycles. The number of hydrogen-bond donors (Lipinski definition) is 2. The standard InChI is InChI=1S/C18H19FN2O3/c19-13-7-5-12(6-8-13)16(23)11-14-3-2-10-21(14)18(24)17-15(22)4-1-9-20-17/h1,4-9,14,16,22-23H,2-3,10-11H2/t14-,16+/m0/s1. The van der Waals surface area contributed by atoms with Gasteiger partial charge < -0.3 is 15.1 Å². The van der Waals surface area contributed by atoms with Gasteiger partial charge in [-0.2, -0.15) is 0 Å². The molecule has 3 rings (SSSR count). The summed E-state index contributed by atoms with van der Waals surface area (Å²) in [5, 5.41) is 20.2. The number of aliphatic hydroxyl groups is 1. The number of rotatable bonds is 4. The summed E-state index contributed by atoms with van der Waals surface area (Å²) < 4.78 is 13.0. The van der Waals surface area contributed by atoms with Crippen LogP contribution in [-0.4, -0.2) is 38.6 Å². The van der Waals surface area contributed by atoms with E-state index in [1.54, 1.807) is 23.1 Å².